The Bertz CT molecular complexity index is 1230. The van der Waals surface area contributed by atoms with Crippen LogP contribution in [0.2, 0.25) is 0 Å². The van der Waals surface area contributed by atoms with Crippen molar-refractivity contribution >= 4 is 16.8 Å². The van der Waals surface area contributed by atoms with Crippen LogP contribution in [0.5, 0.6) is 0 Å². The lowest BCUT2D eigenvalue weighted by molar-refractivity contribution is -0.0292. The maximum absolute atomic E-state index is 13.2. The van der Waals surface area contributed by atoms with Crippen molar-refractivity contribution in [3.05, 3.63) is 96.3 Å². The number of nitrogens with one attached hydrogen (secondary N) is 1. The van der Waals surface area contributed by atoms with Crippen molar-refractivity contribution in [3.8, 4) is 11.3 Å². The van der Waals surface area contributed by atoms with Crippen LogP contribution in [-0.2, 0) is 11.3 Å². The van der Waals surface area contributed by atoms with Gasteiger partial charge in [-0.05, 0) is 29.8 Å². The molecule has 1 atom stereocenters. The third-order valence-corrected chi connectivity index (χ3v) is 5.90. The van der Waals surface area contributed by atoms with E-state index in [1.165, 1.54) is 5.56 Å². The summed E-state index contributed by atoms with van der Waals surface area (Å²) < 4.78 is 5.94. The Morgan fingerprint density at radius 3 is 2.67 bits per heavy atom. The first-order valence-electron chi connectivity index (χ1n) is 11.2. The van der Waals surface area contributed by atoms with E-state index in [2.05, 4.69) is 39.5 Å². The number of benzene rings is 2. The van der Waals surface area contributed by atoms with E-state index in [1.807, 2.05) is 48.5 Å². The molecule has 1 saturated heterocycles. The summed E-state index contributed by atoms with van der Waals surface area (Å²) in [4.78, 5) is 24.4. The molecule has 0 spiro atoms. The lowest BCUT2D eigenvalue weighted by atomic mass is 10.0. The summed E-state index contributed by atoms with van der Waals surface area (Å²) in [5, 5.41) is 3.93. The van der Waals surface area contributed by atoms with Gasteiger partial charge in [-0.3, -0.25) is 14.7 Å². The largest absolute Gasteiger partial charge is 0.374 e. The minimum absolute atomic E-state index is 0.0424. The Balaban J connectivity index is 1.30. The van der Waals surface area contributed by atoms with Gasteiger partial charge in [0.2, 0.25) is 0 Å². The molecule has 0 aliphatic carbocycles. The van der Waals surface area contributed by atoms with Crippen molar-refractivity contribution in [2.75, 3.05) is 26.2 Å². The van der Waals surface area contributed by atoms with Crippen molar-refractivity contribution in [1.29, 1.82) is 0 Å². The zero-order chi connectivity index (χ0) is 22.5. The first kappa shape index (κ1) is 21.2. The van der Waals surface area contributed by atoms with Gasteiger partial charge in [0.25, 0.3) is 5.91 Å². The number of morpholine rings is 1. The molecular weight excluding hydrogens is 412 g/mol. The number of hydrogen-bond donors (Lipinski definition) is 1. The summed E-state index contributed by atoms with van der Waals surface area (Å²) >= 11 is 0. The van der Waals surface area contributed by atoms with Crippen LogP contribution in [0.4, 0.5) is 0 Å². The number of nitrogens with zero attached hydrogens (tertiary/aromatic N) is 3. The normalized spacial score (nSPS) is 16.5. The van der Waals surface area contributed by atoms with Crippen LogP contribution < -0.4 is 5.32 Å². The molecule has 1 unspecified atom stereocenters. The van der Waals surface area contributed by atoms with E-state index >= 15 is 0 Å². The molecule has 6 nitrogen and oxygen atoms in total. The van der Waals surface area contributed by atoms with Crippen LogP contribution in [0.3, 0.4) is 0 Å². The molecule has 0 radical (unpaired) electrons. The van der Waals surface area contributed by atoms with Gasteiger partial charge in [0, 0.05) is 49.5 Å². The predicted octanol–water partition coefficient (Wildman–Crippen LogP) is 3.93. The smallest absolute Gasteiger partial charge is 0.252 e. The Kier molecular flexibility index (Phi) is 6.37. The molecule has 3 heterocycles. The second kappa shape index (κ2) is 9.90. The van der Waals surface area contributed by atoms with Gasteiger partial charge in [0.15, 0.2) is 0 Å². The second-order valence-electron chi connectivity index (χ2n) is 8.23. The molecule has 0 bridgehead atoms. The summed E-state index contributed by atoms with van der Waals surface area (Å²) in [6, 6.07) is 23.8. The first-order valence-corrected chi connectivity index (χ1v) is 11.2. The Labute approximate surface area is 193 Å². The minimum Gasteiger partial charge on any atom is -0.374 e. The van der Waals surface area contributed by atoms with Gasteiger partial charge in [0.1, 0.15) is 0 Å². The van der Waals surface area contributed by atoms with Gasteiger partial charge in [-0.25, -0.2) is 4.98 Å². The molecule has 4 aromatic rings. The lowest BCUT2D eigenvalue weighted by Gasteiger charge is -2.33. The summed E-state index contributed by atoms with van der Waals surface area (Å²) in [5.74, 6) is -0.118. The van der Waals surface area contributed by atoms with Crippen LogP contribution in [0, 0.1) is 0 Å². The van der Waals surface area contributed by atoms with Crippen LogP contribution in [-0.4, -0.2) is 53.1 Å². The topological polar surface area (TPSA) is 67.4 Å². The number of aromatic nitrogens is 2. The van der Waals surface area contributed by atoms with Crippen molar-refractivity contribution in [3.63, 3.8) is 0 Å². The highest BCUT2D eigenvalue weighted by molar-refractivity contribution is 6.07. The minimum atomic E-state index is -0.118. The standard InChI is InChI=1S/C27H26N4O2/c32-27(29-17-22-19-31(14-15-33-22)18-20-6-2-1-3-7-20)24-16-26(21-10-12-28-13-11-21)30-25-9-5-4-8-23(24)25/h1-13,16,22H,14-15,17-19H2,(H,29,32). The molecule has 33 heavy (non-hydrogen) atoms. The Morgan fingerprint density at radius 1 is 1.03 bits per heavy atom. The molecule has 1 N–H and O–H groups in total. The molecule has 1 amide bonds. The van der Waals surface area contributed by atoms with E-state index in [-0.39, 0.29) is 12.0 Å². The van der Waals surface area contributed by atoms with E-state index in [4.69, 9.17) is 9.72 Å². The van der Waals surface area contributed by atoms with Crippen LogP contribution in [0.15, 0.2) is 85.2 Å². The maximum atomic E-state index is 13.2. The summed E-state index contributed by atoms with van der Waals surface area (Å²) in [6.07, 6.45) is 3.42. The van der Waals surface area contributed by atoms with Crippen molar-refractivity contribution in [1.82, 2.24) is 20.2 Å². The fourth-order valence-corrected chi connectivity index (χ4v) is 4.22. The Morgan fingerprint density at radius 2 is 1.82 bits per heavy atom. The number of amides is 1. The molecular formula is C27H26N4O2. The van der Waals surface area contributed by atoms with Crippen LogP contribution >= 0.6 is 0 Å². The van der Waals surface area contributed by atoms with Gasteiger partial charge in [-0.15, -0.1) is 0 Å². The van der Waals surface area contributed by atoms with Gasteiger partial charge >= 0.3 is 0 Å². The third kappa shape index (κ3) is 5.08. The van der Waals surface area contributed by atoms with Crippen molar-refractivity contribution < 1.29 is 9.53 Å². The van der Waals surface area contributed by atoms with E-state index in [0.717, 1.165) is 41.8 Å². The molecule has 5 rings (SSSR count). The molecule has 1 fully saturated rings. The van der Waals surface area contributed by atoms with Crippen molar-refractivity contribution in [2.45, 2.75) is 12.6 Å². The molecule has 0 saturated carbocycles. The molecule has 166 valence electrons. The molecule has 2 aromatic heterocycles. The number of para-hydroxylation sites is 1. The predicted molar refractivity (Wildman–Crippen MR) is 129 cm³/mol. The zero-order valence-electron chi connectivity index (χ0n) is 18.4. The molecule has 1 aliphatic rings. The summed E-state index contributed by atoms with van der Waals surface area (Å²) in [7, 11) is 0. The average molecular weight is 439 g/mol. The Hall–Kier alpha value is -3.61. The highest BCUT2D eigenvalue weighted by Crippen LogP contribution is 2.24. The molecule has 1 aliphatic heterocycles. The third-order valence-electron chi connectivity index (χ3n) is 5.90. The SMILES string of the molecule is O=C(NCC1CN(Cc2ccccc2)CCO1)c1cc(-c2ccncc2)nc2ccccc12. The fraction of sp³-hybridized carbons (Fsp3) is 0.222. The number of hydrogen-bond acceptors (Lipinski definition) is 5. The monoisotopic (exact) mass is 438 g/mol. The number of carbonyl (C=O) groups excluding carboxylic acids is 1. The lowest BCUT2D eigenvalue weighted by Crippen LogP contribution is -2.47. The van der Waals surface area contributed by atoms with Crippen LogP contribution in [0.1, 0.15) is 15.9 Å². The highest BCUT2D eigenvalue weighted by atomic mass is 16.5. The number of pyridine rings is 2. The highest BCUT2D eigenvalue weighted by Gasteiger charge is 2.22. The van der Waals surface area contributed by atoms with Crippen LogP contribution in [0.25, 0.3) is 22.2 Å². The number of carbonyl (C=O) groups is 1. The van der Waals surface area contributed by atoms with Crippen molar-refractivity contribution in [2.24, 2.45) is 0 Å². The van der Waals surface area contributed by atoms with Gasteiger partial charge in [0.05, 0.1) is 29.5 Å². The second-order valence-corrected chi connectivity index (χ2v) is 8.23. The quantitative estimate of drug-likeness (QED) is 0.494. The molecule has 2 aromatic carbocycles. The number of rotatable bonds is 6. The van der Waals surface area contributed by atoms with E-state index in [1.54, 1.807) is 12.4 Å². The number of fused-ring (bicyclic) bond motifs is 1. The van der Waals surface area contributed by atoms with E-state index < -0.39 is 0 Å². The summed E-state index contributed by atoms with van der Waals surface area (Å²) in [6.45, 7) is 3.69. The maximum Gasteiger partial charge on any atom is 0.252 e. The van der Waals surface area contributed by atoms with Gasteiger partial charge in [-0.2, -0.15) is 0 Å². The van der Waals surface area contributed by atoms with Gasteiger partial charge in [-0.1, -0.05) is 48.5 Å². The zero-order valence-corrected chi connectivity index (χ0v) is 18.4. The van der Waals surface area contributed by atoms with E-state index in [9.17, 15) is 4.79 Å². The summed E-state index contributed by atoms with van der Waals surface area (Å²) in [5.41, 5.74) is 4.37. The first-order chi connectivity index (χ1) is 16.3. The fourth-order valence-electron chi connectivity index (χ4n) is 4.22. The molecule has 6 heteroatoms. The number of ether oxygens (including phenoxy) is 1. The van der Waals surface area contributed by atoms with E-state index in [0.29, 0.717) is 18.7 Å². The average Bonchev–Trinajstić information content (AvgIpc) is 2.88. The van der Waals surface area contributed by atoms with Gasteiger partial charge < -0.3 is 10.1 Å².